The standard InChI is InChI=1S/C17H23NO2/c1-13(2)7-10-17(20)18-16-12-14(3)8-9-15(16)6-4-5-11-19/h8-9,12-13,19H,5,7,10-11H2,1-3H3,(H,18,20). The van der Waals surface area contributed by atoms with E-state index in [0.717, 1.165) is 23.2 Å². The van der Waals surface area contributed by atoms with E-state index in [1.54, 1.807) is 0 Å². The lowest BCUT2D eigenvalue weighted by molar-refractivity contribution is -0.116. The zero-order valence-electron chi connectivity index (χ0n) is 12.5. The number of aliphatic hydroxyl groups excluding tert-OH is 1. The molecule has 0 aliphatic carbocycles. The molecule has 0 fully saturated rings. The summed E-state index contributed by atoms with van der Waals surface area (Å²) in [5.41, 5.74) is 2.63. The Morgan fingerprint density at radius 1 is 1.40 bits per heavy atom. The molecular weight excluding hydrogens is 250 g/mol. The van der Waals surface area contributed by atoms with Crippen molar-refractivity contribution in [2.75, 3.05) is 11.9 Å². The largest absolute Gasteiger partial charge is 0.395 e. The van der Waals surface area contributed by atoms with Gasteiger partial charge in [-0.25, -0.2) is 0 Å². The Bertz CT molecular complexity index is 509. The van der Waals surface area contributed by atoms with E-state index in [9.17, 15) is 4.79 Å². The van der Waals surface area contributed by atoms with Crippen LogP contribution in [0, 0.1) is 24.7 Å². The molecule has 0 atom stereocenters. The summed E-state index contributed by atoms with van der Waals surface area (Å²) in [4.78, 5) is 11.9. The summed E-state index contributed by atoms with van der Waals surface area (Å²) in [6.45, 7) is 6.24. The van der Waals surface area contributed by atoms with Gasteiger partial charge in [-0.15, -0.1) is 0 Å². The number of hydrogen-bond acceptors (Lipinski definition) is 2. The number of benzene rings is 1. The van der Waals surface area contributed by atoms with Gasteiger partial charge < -0.3 is 10.4 Å². The molecule has 20 heavy (non-hydrogen) atoms. The van der Waals surface area contributed by atoms with Crippen molar-refractivity contribution < 1.29 is 9.90 Å². The summed E-state index contributed by atoms with van der Waals surface area (Å²) in [5.74, 6) is 6.41. The van der Waals surface area contributed by atoms with Gasteiger partial charge in [-0.3, -0.25) is 4.79 Å². The highest BCUT2D eigenvalue weighted by Crippen LogP contribution is 2.17. The number of aliphatic hydroxyl groups is 1. The molecule has 1 rings (SSSR count). The molecule has 0 aromatic heterocycles. The first-order chi connectivity index (χ1) is 9.52. The Balaban J connectivity index is 2.79. The molecule has 0 saturated carbocycles. The quantitative estimate of drug-likeness (QED) is 0.810. The minimum Gasteiger partial charge on any atom is -0.395 e. The second-order valence-corrected chi connectivity index (χ2v) is 5.31. The Kier molecular flexibility index (Phi) is 6.83. The second-order valence-electron chi connectivity index (χ2n) is 5.31. The van der Waals surface area contributed by atoms with Crippen molar-refractivity contribution in [3.8, 4) is 11.8 Å². The van der Waals surface area contributed by atoms with Crippen molar-refractivity contribution in [3.63, 3.8) is 0 Å². The predicted molar refractivity (Wildman–Crippen MR) is 82.5 cm³/mol. The van der Waals surface area contributed by atoms with E-state index < -0.39 is 0 Å². The third-order valence-electron chi connectivity index (χ3n) is 2.86. The van der Waals surface area contributed by atoms with E-state index in [2.05, 4.69) is 31.0 Å². The zero-order valence-corrected chi connectivity index (χ0v) is 12.5. The normalized spacial score (nSPS) is 10.1. The van der Waals surface area contributed by atoms with E-state index >= 15 is 0 Å². The summed E-state index contributed by atoms with van der Waals surface area (Å²) in [6, 6.07) is 5.79. The van der Waals surface area contributed by atoms with E-state index in [0.29, 0.717) is 18.8 Å². The van der Waals surface area contributed by atoms with Crippen molar-refractivity contribution in [1.29, 1.82) is 0 Å². The number of amides is 1. The summed E-state index contributed by atoms with van der Waals surface area (Å²) in [5, 5.41) is 11.7. The molecule has 2 N–H and O–H groups in total. The third-order valence-corrected chi connectivity index (χ3v) is 2.86. The van der Waals surface area contributed by atoms with E-state index in [-0.39, 0.29) is 12.5 Å². The van der Waals surface area contributed by atoms with Crippen LogP contribution in [0.25, 0.3) is 0 Å². The van der Waals surface area contributed by atoms with Crippen LogP contribution in [0.5, 0.6) is 0 Å². The van der Waals surface area contributed by atoms with Gasteiger partial charge in [0.05, 0.1) is 12.3 Å². The minimum absolute atomic E-state index is 0.0227. The predicted octanol–water partition coefficient (Wildman–Crippen LogP) is 3.10. The first kappa shape index (κ1) is 16.3. The monoisotopic (exact) mass is 273 g/mol. The van der Waals surface area contributed by atoms with Crippen LogP contribution in [-0.4, -0.2) is 17.6 Å². The molecule has 1 amide bonds. The van der Waals surface area contributed by atoms with Crippen LogP contribution in [0.2, 0.25) is 0 Å². The third kappa shape index (κ3) is 5.90. The van der Waals surface area contributed by atoms with E-state index in [4.69, 9.17) is 5.11 Å². The lowest BCUT2D eigenvalue weighted by Crippen LogP contribution is -2.13. The van der Waals surface area contributed by atoms with Crippen molar-refractivity contribution in [2.24, 2.45) is 5.92 Å². The molecule has 0 radical (unpaired) electrons. The lowest BCUT2D eigenvalue weighted by Gasteiger charge is -2.09. The maximum absolute atomic E-state index is 11.9. The number of nitrogens with one attached hydrogen (secondary N) is 1. The number of hydrogen-bond donors (Lipinski definition) is 2. The van der Waals surface area contributed by atoms with E-state index in [1.165, 1.54) is 0 Å². The smallest absolute Gasteiger partial charge is 0.224 e. The van der Waals surface area contributed by atoms with Gasteiger partial charge in [0.25, 0.3) is 0 Å². The fraction of sp³-hybridized carbons (Fsp3) is 0.471. The maximum Gasteiger partial charge on any atom is 0.224 e. The Hall–Kier alpha value is -1.79. The fourth-order valence-corrected chi connectivity index (χ4v) is 1.72. The Morgan fingerprint density at radius 3 is 2.80 bits per heavy atom. The summed E-state index contributed by atoms with van der Waals surface area (Å²) < 4.78 is 0. The van der Waals surface area contributed by atoms with Gasteiger partial charge in [-0.1, -0.05) is 31.8 Å². The van der Waals surface area contributed by atoms with Crippen LogP contribution in [0.1, 0.15) is 44.2 Å². The number of anilines is 1. The highest BCUT2D eigenvalue weighted by atomic mass is 16.2. The molecule has 0 unspecified atom stereocenters. The molecule has 0 bridgehead atoms. The van der Waals surface area contributed by atoms with Crippen LogP contribution in [0.3, 0.4) is 0 Å². The van der Waals surface area contributed by atoms with Gasteiger partial charge in [0.1, 0.15) is 0 Å². The molecule has 1 aromatic carbocycles. The highest BCUT2D eigenvalue weighted by molar-refractivity contribution is 5.92. The van der Waals surface area contributed by atoms with Crippen molar-refractivity contribution >= 4 is 11.6 Å². The van der Waals surface area contributed by atoms with Gasteiger partial charge in [0.15, 0.2) is 0 Å². The molecule has 1 aromatic rings. The van der Waals surface area contributed by atoms with Crippen molar-refractivity contribution in [2.45, 2.75) is 40.0 Å². The van der Waals surface area contributed by atoms with Crippen LogP contribution in [0.4, 0.5) is 5.69 Å². The van der Waals surface area contributed by atoms with Gasteiger partial charge in [0.2, 0.25) is 5.91 Å². The Labute approximate surface area is 121 Å². The van der Waals surface area contributed by atoms with Gasteiger partial charge in [-0.2, -0.15) is 0 Å². The molecular formula is C17H23NO2. The molecule has 0 aliphatic rings. The number of carbonyl (C=O) groups excluding carboxylic acids is 1. The molecule has 0 spiro atoms. The first-order valence-electron chi connectivity index (χ1n) is 7.03. The number of carbonyl (C=O) groups is 1. The summed E-state index contributed by atoms with van der Waals surface area (Å²) in [7, 11) is 0. The molecule has 3 nitrogen and oxygen atoms in total. The van der Waals surface area contributed by atoms with Gasteiger partial charge >= 0.3 is 0 Å². The topological polar surface area (TPSA) is 49.3 Å². The van der Waals surface area contributed by atoms with Crippen LogP contribution in [0.15, 0.2) is 18.2 Å². The zero-order chi connectivity index (χ0) is 15.0. The molecule has 0 saturated heterocycles. The van der Waals surface area contributed by atoms with Crippen LogP contribution < -0.4 is 5.32 Å². The average Bonchev–Trinajstić information content (AvgIpc) is 2.39. The van der Waals surface area contributed by atoms with Crippen LogP contribution >= 0.6 is 0 Å². The number of aryl methyl sites for hydroxylation is 1. The maximum atomic E-state index is 11.9. The first-order valence-corrected chi connectivity index (χ1v) is 7.03. The summed E-state index contributed by atoms with van der Waals surface area (Å²) in [6.07, 6.45) is 1.84. The SMILES string of the molecule is Cc1ccc(C#CCCO)c(NC(=O)CCC(C)C)c1. The Morgan fingerprint density at radius 2 is 2.15 bits per heavy atom. The molecule has 0 heterocycles. The lowest BCUT2D eigenvalue weighted by atomic mass is 10.1. The van der Waals surface area contributed by atoms with E-state index in [1.807, 2.05) is 25.1 Å². The van der Waals surface area contributed by atoms with Gasteiger partial charge in [-0.05, 0) is 37.0 Å². The van der Waals surface area contributed by atoms with Crippen LogP contribution in [-0.2, 0) is 4.79 Å². The highest BCUT2D eigenvalue weighted by Gasteiger charge is 2.07. The molecule has 3 heteroatoms. The van der Waals surface area contributed by atoms with Gasteiger partial charge in [0, 0.05) is 18.4 Å². The van der Waals surface area contributed by atoms with Crippen molar-refractivity contribution in [1.82, 2.24) is 0 Å². The second kappa shape index (κ2) is 8.39. The molecule has 0 aliphatic heterocycles. The average molecular weight is 273 g/mol. The fourth-order valence-electron chi connectivity index (χ4n) is 1.72. The molecule has 108 valence electrons. The number of rotatable bonds is 5. The minimum atomic E-state index is 0.0227. The summed E-state index contributed by atoms with van der Waals surface area (Å²) >= 11 is 0. The van der Waals surface area contributed by atoms with Crippen molar-refractivity contribution in [3.05, 3.63) is 29.3 Å².